The number of nitrogens with one attached hydrogen (secondary N) is 1. The Balaban J connectivity index is 1.89. The molecular weight excluding hydrogens is 248 g/mol. The average Bonchev–Trinajstić information content (AvgIpc) is 2.48. The van der Waals surface area contributed by atoms with Crippen LogP contribution in [0.1, 0.15) is 26.2 Å². The molecule has 0 aliphatic carbocycles. The highest BCUT2D eigenvalue weighted by Crippen LogP contribution is 2.21. The third kappa shape index (κ3) is 4.37. The largest absolute Gasteiger partial charge is 0.374 e. The van der Waals surface area contributed by atoms with Crippen LogP contribution < -0.4 is 10.2 Å². The molecule has 1 saturated heterocycles. The quantitative estimate of drug-likeness (QED) is 0.865. The summed E-state index contributed by atoms with van der Waals surface area (Å²) in [6, 6.07) is 4.26. The summed E-state index contributed by atoms with van der Waals surface area (Å²) in [4.78, 5) is 9.17. The van der Waals surface area contributed by atoms with Gasteiger partial charge in [0.25, 0.3) is 0 Å². The molecule has 4 heteroatoms. The third-order valence-electron chi connectivity index (χ3n) is 4.11. The predicted octanol–water partition coefficient (Wildman–Crippen LogP) is 2.68. The fourth-order valence-electron chi connectivity index (χ4n) is 2.74. The first-order valence-electron chi connectivity index (χ1n) is 7.78. The summed E-state index contributed by atoms with van der Waals surface area (Å²) in [6.45, 7) is 6.76. The number of aromatic nitrogens is 1. The van der Waals surface area contributed by atoms with Gasteiger partial charge in [-0.15, -0.1) is 0 Å². The van der Waals surface area contributed by atoms with E-state index in [1.165, 1.54) is 31.6 Å². The van der Waals surface area contributed by atoms with Gasteiger partial charge in [-0.05, 0) is 51.4 Å². The maximum absolute atomic E-state index is 4.37. The van der Waals surface area contributed by atoms with Gasteiger partial charge in [0.05, 0.1) is 0 Å². The van der Waals surface area contributed by atoms with Crippen LogP contribution in [0.25, 0.3) is 0 Å². The molecule has 0 radical (unpaired) electrons. The first-order valence-corrected chi connectivity index (χ1v) is 7.78. The molecule has 112 valence electrons. The van der Waals surface area contributed by atoms with Crippen LogP contribution in [0, 0.1) is 5.92 Å². The molecule has 0 aromatic carbocycles. The number of rotatable bonds is 6. The minimum atomic E-state index is 0.816. The van der Waals surface area contributed by atoms with Gasteiger partial charge in [0.2, 0.25) is 0 Å². The Morgan fingerprint density at radius 1 is 1.40 bits per heavy atom. The van der Waals surface area contributed by atoms with Crippen molar-refractivity contribution in [3.63, 3.8) is 0 Å². The standard InChI is InChI=1S/C16H28N4/c1-4-8-17-16-12-15(5-9-18-16)20(3)13-14-6-10-19(2)11-7-14/h5,9,12,14H,4,6-8,10-11,13H2,1-3H3,(H,17,18). The van der Waals surface area contributed by atoms with E-state index in [2.05, 4.69) is 53.3 Å². The van der Waals surface area contributed by atoms with E-state index in [1.54, 1.807) is 0 Å². The van der Waals surface area contributed by atoms with Crippen LogP contribution in [-0.2, 0) is 0 Å². The maximum atomic E-state index is 4.37. The van der Waals surface area contributed by atoms with Gasteiger partial charge in [-0.25, -0.2) is 4.98 Å². The lowest BCUT2D eigenvalue weighted by molar-refractivity contribution is 0.222. The molecule has 1 aliphatic heterocycles. The van der Waals surface area contributed by atoms with E-state index in [1.807, 2.05) is 6.20 Å². The summed E-state index contributed by atoms with van der Waals surface area (Å²) in [5, 5.41) is 3.35. The monoisotopic (exact) mass is 276 g/mol. The highest BCUT2D eigenvalue weighted by atomic mass is 15.1. The third-order valence-corrected chi connectivity index (χ3v) is 4.11. The fourth-order valence-corrected chi connectivity index (χ4v) is 2.74. The van der Waals surface area contributed by atoms with E-state index < -0.39 is 0 Å². The summed E-state index contributed by atoms with van der Waals surface area (Å²) in [5.74, 6) is 1.80. The van der Waals surface area contributed by atoms with Gasteiger partial charge in [-0.3, -0.25) is 0 Å². The van der Waals surface area contributed by atoms with E-state index in [9.17, 15) is 0 Å². The summed E-state index contributed by atoms with van der Waals surface area (Å²) < 4.78 is 0. The van der Waals surface area contributed by atoms with Gasteiger partial charge < -0.3 is 15.1 Å². The number of hydrogen-bond acceptors (Lipinski definition) is 4. The number of hydrogen-bond donors (Lipinski definition) is 1. The number of piperidine rings is 1. The summed E-state index contributed by atoms with van der Waals surface area (Å²) in [6.07, 6.45) is 5.65. The number of anilines is 2. The Bertz CT molecular complexity index is 399. The Hall–Kier alpha value is -1.29. The highest BCUT2D eigenvalue weighted by molar-refractivity contribution is 5.53. The lowest BCUT2D eigenvalue weighted by Crippen LogP contribution is -2.35. The molecule has 20 heavy (non-hydrogen) atoms. The Morgan fingerprint density at radius 3 is 2.85 bits per heavy atom. The molecule has 1 aliphatic rings. The Labute approximate surface area is 123 Å². The van der Waals surface area contributed by atoms with Crippen molar-refractivity contribution in [2.75, 3.05) is 50.5 Å². The molecule has 0 unspecified atom stereocenters. The van der Waals surface area contributed by atoms with Crippen molar-refractivity contribution in [2.45, 2.75) is 26.2 Å². The topological polar surface area (TPSA) is 31.4 Å². The summed E-state index contributed by atoms with van der Waals surface area (Å²) in [7, 11) is 4.41. The molecule has 2 heterocycles. The first-order chi connectivity index (χ1) is 9.69. The van der Waals surface area contributed by atoms with E-state index in [0.717, 1.165) is 31.2 Å². The van der Waals surface area contributed by atoms with Crippen molar-refractivity contribution in [2.24, 2.45) is 5.92 Å². The van der Waals surface area contributed by atoms with Crippen LogP contribution in [-0.4, -0.2) is 50.2 Å². The van der Waals surface area contributed by atoms with Gasteiger partial charge in [0.1, 0.15) is 5.82 Å². The van der Waals surface area contributed by atoms with Crippen molar-refractivity contribution in [1.29, 1.82) is 0 Å². The molecule has 0 bridgehead atoms. The van der Waals surface area contributed by atoms with Gasteiger partial charge in [0, 0.05) is 38.1 Å². The van der Waals surface area contributed by atoms with Crippen molar-refractivity contribution in [3.05, 3.63) is 18.3 Å². The van der Waals surface area contributed by atoms with E-state index >= 15 is 0 Å². The zero-order valence-corrected chi connectivity index (χ0v) is 13.1. The number of pyridine rings is 1. The van der Waals surface area contributed by atoms with E-state index in [4.69, 9.17) is 0 Å². The number of nitrogens with zero attached hydrogens (tertiary/aromatic N) is 3. The fraction of sp³-hybridized carbons (Fsp3) is 0.688. The van der Waals surface area contributed by atoms with E-state index in [-0.39, 0.29) is 0 Å². The second-order valence-corrected chi connectivity index (χ2v) is 5.95. The van der Waals surface area contributed by atoms with Gasteiger partial charge in [0.15, 0.2) is 0 Å². The minimum Gasteiger partial charge on any atom is -0.374 e. The summed E-state index contributed by atoms with van der Waals surface area (Å²) >= 11 is 0. The molecule has 0 atom stereocenters. The molecule has 0 amide bonds. The van der Waals surface area contributed by atoms with Gasteiger partial charge in [-0.2, -0.15) is 0 Å². The molecule has 2 rings (SSSR count). The van der Waals surface area contributed by atoms with Crippen molar-refractivity contribution in [3.8, 4) is 0 Å². The lowest BCUT2D eigenvalue weighted by atomic mass is 9.96. The second-order valence-electron chi connectivity index (χ2n) is 5.95. The zero-order valence-electron chi connectivity index (χ0n) is 13.1. The van der Waals surface area contributed by atoms with Crippen molar-refractivity contribution >= 4 is 11.5 Å². The summed E-state index contributed by atoms with van der Waals surface area (Å²) in [5.41, 5.74) is 1.26. The van der Waals surface area contributed by atoms with Crippen LogP contribution in [0.15, 0.2) is 18.3 Å². The van der Waals surface area contributed by atoms with Gasteiger partial charge in [-0.1, -0.05) is 6.92 Å². The predicted molar refractivity (Wildman–Crippen MR) is 86.5 cm³/mol. The van der Waals surface area contributed by atoms with Crippen LogP contribution in [0.3, 0.4) is 0 Å². The lowest BCUT2D eigenvalue weighted by Gasteiger charge is -2.32. The van der Waals surface area contributed by atoms with E-state index in [0.29, 0.717) is 0 Å². The molecule has 4 nitrogen and oxygen atoms in total. The molecule has 1 N–H and O–H groups in total. The van der Waals surface area contributed by atoms with Crippen LogP contribution in [0.2, 0.25) is 0 Å². The maximum Gasteiger partial charge on any atom is 0.127 e. The highest BCUT2D eigenvalue weighted by Gasteiger charge is 2.18. The normalized spacial score (nSPS) is 17.1. The number of likely N-dealkylation sites (tertiary alicyclic amines) is 1. The molecular formula is C16H28N4. The first kappa shape index (κ1) is 15.1. The zero-order chi connectivity index (χ0) is 14.4. The van der Waals surface area contributed by atoms with Crippen LogP contribution in [0.4, 0.5) is 11.5 Å². The van der Waals surface area contributed by atoms with Crippen molar-refractivity contribution < 1.29 is 0 Å². The van der Waals surface area contributed by atoms with Crippen LogP contribution in [0.5, 0.6) is 0 Å². The van der Waals surface area contributed by atoms with Gasteiger partial charge >= 0.3 is 0 Å². The molecule has 0 spiro atoms. The smallest absolute Gasteiger partial charge is 0.127 e. The second kappa shape index (κ2) is 7.48. The molecule has 0 saturated carbocycles. The molecule has 1 aromatic rings. The van der Waals surface area contributed by atoms with Crippen molar-refractivity contribution in [1.82, 2.24) is 9.88 Å². The SMILES string of the molecule is CCCNc1cc(N(C)CC2CCN(C)CC2)ccn1. The molecule has 1 aromatic heterocycles. The Kier molecular flexibility index (Phi) is 5.65. The Morgan fingerprint density at radius 2 is 2.15 bits per heavy atom. The molecule has 1 fully saturated rings. The average molecular weight is 276 g/mol. The minimum absolute atomic E-state index is 0.816. The van der Waals surface area contributed by atoms with Crippen LogP contribution >= 0.6 is 0 Å².